The second-order valence-corrected chi connectivity index (χ2v) is 2.82. The molecule has 2 amide bonds. The van der Waals surface area contributed by atoms with Gasteiger partial charge in [-0.2, -0.15) is 0 Å². The molecular formula is C8H8N2O3. The number of nitrogens with two attached hydrogens (primary N) is 1. The van der Waals surface area contributed by atoms with E-state index in [1.54, 1.807) is 4.90 Å². The zero-order chi connectivity index (χ0) is 9.42. The van der Waals surface area contributed by atoms with Gasteiger partial charge in [-0.1, -0.05) is 0 Å². The van der Waals surface area contributed by atoms with Crippen LogP contribution in [0.5, 0.6) is 0 Å². The Morgan fingerprint density at radius 3 is 2.69 bits per heavy atom. The van der Waals surface area contributed by atoms with Crippen LogP contribution >= 0.6 is 0 Å². The molecule has 1 aliphatic rings. The first kappa shape index (κ1) is 7.85. The predicted octanol–water partition coefficient (Wildman–Crippen LogP) is -0.166. The average molecular weight is 180 g/mol. The number of rotatable bonds is 2. The highest BCUT2D eigenvalue weighted by atomic mass is 16.3. The summed E-state index contributed by atoms with van der Waals surface area (Å²) in [5, 5.41) is 0. The first-order chi connectivity index (χ1) is 6.20. The van der Waals surface area contributed by atoms with E-state index in [2.05, 4.69) is 0 Å². The number of primary amides is 1. The van der Waals surface area contributed by atoms with E-state index in [4.69, 9.17) is 10.2 Å². The second-order valence-electron chi connectivity index (χ2n) is 2.82. The minimum absolute atomic E-state index is 0.0463. The minimum Gasteiger partial charge on any atom is -0.458 e. The summed E-state index contributed by atoms with van der Waals surface area (Å²) in [6.07, 6.45) is 1.29. The predicted molar refractivity (Wildman–Crippen MR) is 43.1 cm³/mol. The standard InChI is InChI=1S/C8H8N2O3/c9-7(11)5-1-4-13-6(5)8(12)10-2-3-10/h1,4H,2-3H2,(H2,9,11). The van der Waals surface area contributed by atoms with Crippen molar-refractivity contribution in [2.75, 3.05) is 13.1 Å². The molecule has 2 rings (SSSR count). The average Bonchev–Trinajstić information content (AvgIpc) is 2.80. The van der Waals surface area contributed by atoms with E-state index in [1.165, 1.54) is 12.3 Å². The van der Waals surface area contributed by atoms with Crippen molar-refractivity contribution in [2.24, 2.45) is 5.73 Å². The molecule has 0 aromatic carbocycles. The number of hydrogen-bond donors (Lipinski definition) is 1. The van der Waals surface area contributed by atoms with Gasteiger partial charge < -0.3 is 15.1 Å². The quantitative estimate of drug-likeness (QED) is 0.642. The highest BCUT2D eigenvalue weighted by Gasteiger charge is 2.30. The molecule has 1 aromatic rings. The van der Waals surface area contributed by atoms with Crippen LogP contribution in [0.4, 0.5) is 0 Å². The van der Waals surface area contributed by atoms with Crippen molar-refractivity contribution in [3.63, 3.8) is 0 Å². The SMILES string of the molecule is NC(=O)c1ccoc1C(=O)N1CC1. The fraction of sp³-hybridized carbons (Fsp3) is 0.250. The van der Waals surface area contributed by atoms with Crippen molar-refractivity contribution >= 4 is 11.8 Å². The van der Waals surface area contributed by atoms with Crippen LogP contribution in [0, 0.1) is 0 Å². The number of carbonyl (C=O) groups is 2. The zero-order valence-electron chi connectivity index (χ0n) is 6.82. The van der Waals surface area contributed by atoms with Gasteiger partial charge in [0.15, 0.2) is 0 Å². The van der Waals surface area contributed by atoms with Gasteiger partial charge in [0, 0.05) is 13.1 Å². The first-order valence-corrected chi connectivity index (χ1v) is 3.86. The molecule has 2 N–H and O–H groups in total. The third-order valence-electron chi connectivity index (χ3n) is 1.86. The van der Waals surface area contributed by atoms with Gasteiger partial charge in [0.2, 0.25) is 5.76 Å². The van der Waals surface area contributed by atoms with Crippen LogP contribution in [0.2, 0.25) is 0 Å². The Bertz CT molecular complexity index is 365. The van der Waals surface area contributed by atoms with Crippen LogP contribution in [0.25, 0.3) is 0 Å². The zero-order valence-corrected chi connectivity index (χ0v) is 6.82. The molecule has 68 valence electrons. The van der Waals surface area contributed by atoms with E-state index in [1.807, 2.05) is 0 Å². The highest BCUT2D eigenvalue weighted by molar-refractivity contribution is 6.05. The Hall–Kier alpha value is -1.78. The molecule has 0 spiro atoms. The van der Waals surface area contributed by atoms with Crippen molar-refractivity contribution in [3.8, 4) is 0 Å². The molecule has 5 heteroatoms. The lowest BCUT2D eigenvalue weighted by Crippen LogP contribution is -2.18. The molecule has 0 bridgehead atoms. The Balaban J connectivity index is 2.33. The van der Waals surface area contributed by atoms with Crippen LogP contribution < -0.4 is 5.73 Å². The molecule has 5 nitrogen and oxygen atoms in total. The molecule has 0 atom stereocenters. The summed E-state index contributed by atoms with van der Waals surface area (Å²) in [6, 6.07) is 1.40. The Kier molecular flexibility index (Phi) is 1.58. The topological polar surface area (TPSA) is 76.3 Å². The fourth-order valence-electron chi connectivity index (χ4n) is 1.07. The lowest BCUT2D eigenvalue weighted by Gasteiger charge is -1.98. The monoisotopic (exact) mass is 180 g/mol. The molecule has 0 radical (unpaired) electrons. The molecular weight excluding hydrogens is 172 g/mol. The van der Waals surface area contributed by atoms with Crippen molar-refractivity contribution in [3.05, 3.63) is 23.7 Å². The van der Waals surface area contributed by atoms with Crippen molar-refractivity contribution in [2.45, 2.75) is 0 Å². The summed E-state index contributed by atoms with van der Waals surface area (Å²) in [4.78, 5) is 23.8. The van der Waals surface area contributed by atoms with E-state index in [0.717, 1.165) is 13.1 Å². The third-order valence-corrected chi connectivity index (χ3v) is 1.86. The number of nitrogens with zero attached hydrogens (tertiary/aromatic N) is 1. The summed E-state index contributed by atoms with van der Waals surface area (Å²) in [5.41, 5.74) is 5.20. The molecule has 13 heavy (non-hydrogen) atoms. The number of amides is 2. The lowest BCUT2D eigenvalue weighted by molar-refractivity contribution is 0.0846. The maximum atomic E-state index is 11.4. The van der Waals surface area contributed by atoms with Crippen LogP contribution in [0.15, 0.2) is 16.7 Å². The normalized spacial score (nSPS) is 14.3. The third kappa shape index (κ3) is 1.28. The lowest BCUT2D eigenvalue weighted by atomic mass is 10.2. The second kappa shape index (κ2) is 2.62. The van der Waals surface area contributed by atoms with Gasteiger partial charge in [-0.3, -0.25) is 9.59 Å². The molecule has 1 saturated heterocycles. The minimum atomic E-state index is -0.640. The molecule has 2 heterocycles. The van der Waals surface area contributed by atoms with Gasteiger partial charge in [-0.15, -0.1) is 0 Å². The van der Waals surface area contributed by atoms with Crippen molar-refractivity contribution < 1.29 is 14.0 Å². The molecule has 1 aromatic heterocycles. The fourth-order valence-corrected chi connectivity index (χ4v) is 1.07. The van der Waals surface area contributed by atoms with Crippen LogP contribution in [-0.2, 0) is 0 Å². The van der Waals surface area contributed by atoms with E-state index in [0.29, 0.717) is 0 Å². The van der Waals surface area contributed by atoms with E-state index < -0.39 is 5.91 Å². The van der Waals surface area contributed by atoms with Crippen molar-refractivity contribution in [1.82, 2.24) is 4.90 Å². The van der Waals surface area contributed by atoms with Gasteiger partial charge in [0.1, 0.15) is 0 Å². The van der Waals surface area contributed by atoms with Crippen LogP contribution in [0.1, 0.15) is 20.9 Å². The van der Waals surface area contributed by atoms with Crippen molar-refractivity contribution in [1.29, 1.82) is 0 Å². The van der Waals surface area contributed by atoms with Crippen LogP contribution in [0.3, 0.4) is 0 Å². The highest BCUT2D eigenvalue weighted by Crippen LogP contribution is 2.16. The molecule has 0 aliphatic carbocycles. The summed E-state index contributed by atoms with van der Waals surface area (Å²) >= 11 is 0. The maximum Gasteiger partial charge on any atom is 0.290 e. The maximum absolute atomic E-state index is 11.4. The van der Waals surface area contributed by atoms with Gasteiger partial charge in [0.05, 0.1) is 11.8 Å². The van der Waals surface area contributed by atoms with Crippen LogP contribution in [-0.4, -0.2) is 29.8 Å². The number of furan rings is 1. The van der Waals surface area contributed by atoms with Gasteiger partial charge in [-0.05, 0) is 6.07 Å². The Labute approximate surface area is 74.1 Å². The smallest absolute Gasteiger partial charge is 0.290 e. The molecule has 0 saturated carbocycles. The summed E-state index contributed by atoms with van der Waals surface area (Å²) in [7, 11) is 0. The van der Waals surface area contributed by atoms with Gasteiger partial charge in [-0.25, -0.2) is 0 Å². The first-order valence-electron chi connectivity index (χ1n) is 3.86. The van der Waals surface area contributed by atoms with Gasteiger partial charge in [0.25, 0.3) is 11.8 Å². The molecule has 1 fully saturated rings. The number of hydrogen-bond acceptors (Lipinski definition) is 3. The summed E-state index contributed by atoms with van der Waals surface area (Å²) in [6.45, 7) is 1.44. The summed E-state index contributed by atoms with van der Waals surface area (Å²) in [5.74, 6) is -0.859. The van der Waals surface area contributed by atoms with E-state index in [9.17, 15) is 9.59 Å². The van der Waals surface area contributed by atoms with E-state index in [-0.39, 0.29) is 17.2 Å². The summed E-state index contributed by atoms with van der Waals surface area (Å²) < 4.78 is 4.90. The molecule has 1 aliphatic heterocycles. The van der Waals surface area contributed by atoms with Gasteiger partial charge >= 0.3 is 0 Å². The Morgan fingerprint density at radius 2 is 2.15 bits per heavy atom. The number of carbonyl (C=O) groups excluding carboxylic acids is 2. The van der Waals surface area contributed by atoms with E-state index >= 15 is 0 Å². The largest absolute Gasteiger partial charge is 0.458 e. The Morgan fingerprint density at radius 1 is 1.46 bits per heavy atom. The molecule has 0 unspecified atom stereocenters.